The number of aromatic amines is 1. The summed E-state index contributed by atoms with van der Waals surface area (Å²) in [6.07, 6.45) is -1.71. The van der Waals surface area contributed by atoms with Gasteiger partial charge in [0.2, 0.25) is 29.5 Å². The van der Waals surface area contributed by atoms with Gasteiger partial charge in [0.1, 0.15) is 5.78 Å². The number of nitrogens with two attached hydrogens (primary N) is 7. The number of aromatic nitrogens is 1. The van der Waals surface area contributed by atoms with E-state index in [2.05, 4.69) is 53.9 Å². The Balaban J connectivity index is 2.03. The van der Waals surface area contributed by atoms with Gasteiger partial charge >= 0.3 is 5.97 Å². The molecule has 0 unspecified atom stereocenters. The van der Waals surface area contributed by atoms with Crippen LogP contribution < -0.4 is 61.4 Å². The van der Waals surface area contributed by atoms with E-state index in [1.807, 2.05) is 0 Å². The van der Waals surface area contributed by atoms with Crippen LogP contribution in [0.4, 0.5) is 0 Å². The molecule has 3 aromatic rings. The molecule has 92 heavy (non-hydrogen) atoms. The Kier molecular flexibility index (Phi) is 33.9. The van der Waals surface area contributed by atoms with Crippen LogP contribution in [-0.4, -0.2) is 153 Å². The topological polar surface area (TPSA) is 511 Å². The van der Waals surface area contributed by atoms with Crippen LogP contribution >= 0.6 is 12.6 Å². The molecule has 11 atom stereocenters. The molecule has 0 aliphatic heterocycles. The number of nitrogens with one attached hydrogen (secondary N) is 5. The average molecular weight is 1300 g/mol. The number of Topliss-reactive ketones (excluding diaryl/α,β-unsaturated/α-hetero) is 5. The van der Waals surface area contributed by atoms with Crippen molar-refractivity contribution in [2.24, 2.45) is 90.6 Å². The van der Waals surface area contributed by atoms with E-state index in [-0.39, 0.29) is 107 Å². The highest BCUT2D eigenvalue weighted by Gasteiger charge is 2.38. The monoisotopic (exact) mass is 1300 g/mol. The predicted molar refractivity (Wildman–Crippen MR) is 352 cm³/mol. The number of primary amides is 1. The number of carbonyl (C=O) groups is 11. The number of H-pyrrole nitrogens is 1. The largest absolute Gasteiger partial charge is 0.481 e. The van der Waals surface area contributed by atoms with Gasteiger partial charge in [0, 0.05) is 105 Å². The molecule has 0 saturated heterocycles. The van der Waals surface area contributed by atoms with E-state index in [0.29, 0.717) is 34.9 Å². The Labute approximate surface area is 541 Å². The van der Waals surface area contributed by atoms with Gasteiger partial charge in [-0.1, -0.05) is 68.8 Å². The Bertz CT molecular complexity index is 3070. The first kappa shape index (κ1) is 77.5. The zero-order valence-electron chi connectivity index (χ0n) is 53.0. The molecule has 0 saturated carbocycles. The molecular formula is C63H95N15O13S. The van der Waals surface area contributed by atoms with Gasteiger partial charge in [0.25, 0.3) is 0 Å². The molecule has 3 rings (SSSR count). The second-order valence-corrected chi connectivity index (χ2v) is 23.8. The fraction of sp³-hybridized carbons (Fsp3) is 0.556. The van der Waals surface area contributed by atoms with Crippen LogP contribution in [0.3, 0.4) is 0 Å². The molecule has 28 nitrogen and oxygen atoms in total. The Morgan fingerprint density at radius 3 is 1.52 bits per heavy atom. The van der Waals surface area contributed by atoms with Crippen molar-refractivity contribution >= 4 is 106 Å². The number of thiol groups is 1. The van der Waals surface area contributed by atoms with E-state index < -0.39 is 157 Å². The summed E-state index contributed by atoms with van der Waals surface area (Å²) in [6.45, 7) is 6.37. The third kappa shape index (κ3) is 27.8. The van der Waals surface area contributed by atoms with Gasteiger partial charge in [-0.05, 0) is 88.3 Å². The molecule has 21 N–H and O–H groups in total. The van der Waals surface area contributed by atoms with Crippen molar-refractivity contribution in [1.82, 2.24) is 26.3 Å². The first-order chi connectivity index (χ1) is 43.5. The number of carboxylic acids is 1. The molecule has 0 spiro atoms. The standard InChI is InChI=1S/C63H95N15O13S/c1-5-35(2)44(60(90)91)31-53(83)48(20-13-25-73-63(69)70)76-59(89)45(37(4)80)32-54(84)50(34-92)78-57(87)40(21-22-55(64)85)29-52(82)49(28-42-33-74-46-18-10-9-17-43(42)46)77-58(88)41(27-38-14-7-6-8-15-38)30-51(81)47(19-12-24-72-62(67)68)75-56(86)39(26-36(3)79)16-11-23-71-61(65)66/h6-10,14-15,17-18,33,35,37,39-41,44-45,47-50,74,80,92H,5,11-13,16,19-32,34H2,1-4H3,(H2,64,85)(H,75,86)(H,76,89)(H,77,88)(H,78,87)(H,90,91)(H4,65,66,71)(H4,67,68,72)(H4,69,70,73)/t35-,37+,39+,40+,41+,44-,45-,47-,48-,49-,50-/m0/s1. The summed E-state index contributed by atoms with van der Waals surface area (Å²) < 4.78 is 0. The molecule has 1 heterocycles. The number of aliphatic imine (C=N–C) groups is 3. The first-order valence-corrected chi connectivity index (χ1v) is 31.5. The Morgan fingerprint density at radius 1 is 0.543 bits per heavy atom. The minimum Gasteiger partial charge on any atom is -0.481 e. The van der Waals surface area contributed by atoms with E-state index in [1.165, 1.54) is 13.8 Å². The molecule has 2 aromatic carbocycles. The van der Waals surface area contributed by atoms with Crippen molar-refractivity contribution in [2.45, 2.75) is 161 Å². The number of benzene rings is 2. The van der Waals surface area contributed by atoms with Crippen LogP contribution in [0.1, 0.15) is 129 Å². The van der Waals surface area contributed by atoms with Crippen molar-refractivity contribution in [3.8, 4) is 0 Å². The van der Waals surface area contributed by atoms with Crippen molar-refractivity contribution in [2.75, 3.05) is 25.4 Å². The van der Waals surface area contributed by atoms with E-state index in [9.17, 15) is 53.4 Å². The highest BCUT2D eigenvalue weighted by molar-refractivity contribution is 7.80. The van der Waals surface area contributed by atoms with Gasteiger partial charge in [0.05, 0.1) is 42.1 Å². The number of para-hydroxylation sites is 1. The fourth-order valence-electron chi connectivity index (χ4n) is 10.6. The minimum absolute atomic E-state index is 0.0236. The predicted octanol–water partition coefficient (Wildman–Crippen LogP) is 0.657. The summed E-state index contributed by atoms with van der Waals surface area (Å²) in [6, 6.07) is 10.6. The van der Waals surface area contributed by atoms with Gasteiger partial charge in [0.15, 0.2) is 41.0 Å². The molecular weight excluding hydrogens is 1210 g/mol. The maximum absolute atomic E-state index is 15.0. The van der Waals surface area contributed by atoms with Crippen LogP contribution in [0.2, 0.25) is 0 Å². The zero-order chi connectivity index (χ0) is 68.6. The van der Waals surface area contributed by atoms with Crippen molar-refractivity contribution in [3.05, 3.63) is 71.9 Å². The second kappa shape index (κ2) is 40.2. The summed E-state index contributed by atoms with van der Waals surface area (Å²) in [5.41, 5.74) is 40.6. The number of hydrogen-bond donors (Lipinski definition) is 15. The molecule has 1 aromatic heterocycles. The van der Waals surface area contributed by atoms with E-state index >= 15 is 9.59 Å². The number of carbonyl (C=O) groups excluding carboxylic acids is 10. The number of fused-ring (bicyclic) bond motifs is 1. The fourth-order valence-corrected chi connectivity index (χ4v) is 10.9. The molecule has 0 bridgehead atoms. The molecule has 0 fully saturated rings. The summed E-state index contributed by atoms with van der Waals surface area (Å²) >= 11 is 4.33. The summed E-state index contributed by atoms with van der Waals surface area (Å²) in [7, 11) is 0. The highest BCUT2D eigenvalue weighted by atomic mass is 32.1. The number of hydrogen-bond acceptors (Lipinski definition) is 16. The number of aliphatic hydroxyl groups is 1. The number of aliphatic hydroxyl groups excluding tert-OH is 1. The molecule has 29 heteroatoms. The molecule has 0 aliphatic rings. The van der Waals surface area contributed by atoms with Gasteiger partial charge < -0.3 is 81.4 Å². The van der Waals surface area contributed by atoms with Gasteiger partial charge in [-0.25, -0.2) is 0 Å². The van der Waals surface area contributed by atoms with Crippen molar-refractivity contribution < 1.29 is 63.0 Å². The number of carboxylic acid groups (broad SMARTS) is 1. The normalized spacial score (nSPS) is 14.8. The lowest BCUT2D eigenvalue weighted by Gasteiger charge is -2.27. The van der Waals surface area contributed by atoms with Gasteiger partial charge in [-0.15, -0.1) is 0 Å². The summed E-state index contributed by atoms with van der Waals surface area (Å²) in [5.74, 6) is -15.4. The number of nitrogens with zero attached hydrogens (tertiary/aromatic N) is 3. The maximum Gasteiger partial charge on any atom is 0.307 e. The number of amides is 5. The van der Waals surface area contributed by atoms with Gasteiger partial charge in [-0.2, -0.15) is 12.6 Å². The zero-order valence-corrected chi connectivity index (χ0v) is 53.9. The second-order valence-electron chi connectivity index (χ2n) is 23.4. The van der Waals surface area contributed by atoms with E-state index in [4.69, 9.17) is 40.1 Å². The van der Waals surface area contributed by atoms with Crippen LogP contribution in [0, 0.1) is 35.5 Å². The highest BCUT2D eigenvalue weighted by Crippen LogP contribution is 2.26. The maximum atomic E-state index is 15.0. The molecule has 0 radical (unpaired) electrons. The number of aliphatic carboxylic acids is 1. The average Bonchev–Trinajstić information content (AvgIpc) is 1.65. The van der Waals surface area contributed by atoms with Crippen LogP contribution in [0.15, 0.2) is 75.8 Å². The van der Waals surface area contributed by atoms with Crippen molar-refractivity contribution in [1.29, 1.82) is 0 Å². The van der Waals surface area contributed by atoms with E-state index in [0.717, 1.165) is 0 Å². The number of guanidine groups is 3. The van der Waals surface area contributed by atoms with Gasteiger partial charge in [-0.3, -0.25) is 62.9 Å². The smallest absolute Gasteiger partial charge is 0.307 e. The Hall–Kier alpha value is -8.73. The lowest BCUT2D eigenvalue weighted by atomic mass is 9.85. The van der Waals surface area contributed by atoms with Crippen LogP contribution in [0.5, 0.6) is 0 Å². The summed E-state index contributed by atoms with van der Waals surface area (Å²) in [5, 5.41) is 32.5. The van der Waals surface area contributed by atoms with Crippen LogP contribution in [-0.2, 0) is 65.6 Å². The first-order valence-electron chi connectivity index (χ1n) is 30.9. The Morgan fingerprint density at radius 2 is 1.00 bits per heavy atom. The third-order valence-electron chi connectivity index (χ3n) is 16.0. The molecule has 0 aliphatic carbocycles. The minimum atomic E-state index is -1.51. The molecule has 5 amide bonds. The van der Waals surface area contributed by atoms with E-state index in [1.54, 1.807) is 74.6 Å². The lowest BCUT2D eigenvalue weighted by molar-refractivity contribution is -0.146. The third-order valence-corrected chi connectivity index (χ3v) is 16.4. The quantitative estimate of drug-likeness (QED) is 0.0160. The number of ketones is 5. The number of rotatable bonds is 46. The molecule has 506 valence electrons. The van der Waals surface area contributed by atoms with Crippen LogP contribution in [0.25, 0.3) is 10.9 Å². The van der Waals surface area contributed by atoms with Crippen molar-refractivity contribution in [3.63, 3.8) is 0 Å². The summed E-state index contributed by atoms with van der Waals surface area (Å²) in [4.78, 5) is 167. The SMILES string of the molecule is CC[C@H](C)[C@H](CC(=O)[C@H](CCCN=C(N)N)NC(=O)[C@@H](CC(=O)[C@H](CS)NC(=O)[C@H](CCC(N)=O)CC(=O)[C@H](Cc1c[nH]c2ccccc12)NC(=O)[C@@H](CC(=O)[C@H](CCCN=C(N)N)NC(=O)[C@H](CCCN=C(N)N)CC(C)=O)Cc1ccccc1)[C@@H](C)O)C(=O)O. The lowest BCUT2D eigenvalue weighted by Crippen LogP contribution is -2.50.